The Balaban J connectivity index is 1.70. The molecular formula is C22H24N2O6. The van der Waals surface area contributed by atoms with Crippen LogP contribution in [0, 0.1) is 0 Å². The third kappa shape index (κ3) is 5.30. The standard InChI is InChI=1S/C22H24N2O6/c1-27-10-9-23-22(26)16-5-3-4-6-17(16)24-20(25)8-7-15-13-18(28-2)21-19(14-15)29-11-12-30-21/h3-8,13-14H,9-12H2,1-2H3,(H,23,26)(H,24,25)/b8-7+. The number of anilines is 1. The van der Waals surface area contributed by atoms with E-state index in [9.17, 15) is 9.59 Å². The highest BCUT2D eigenvalue weighted by atomic mass is 16.6. The second-order valence-corrected chi connectivity index (χ2v) is 6.36. The van der Waals surface area contributed by atoms with Crippen molar-refractivity contribution in [1.29, 1.82) is 0 Å². The quantitative estimate of drug-likeness (QED) is 0.511. The summed E-state index contributed by atoms with van der Waals surface area (Å²) in [6.45, 7) is 1.69. The van der Waals surface area contributed by atoms with Gasteiger partial charge in [-0.2, -0.15) is 0 Å². The molecule has 0 aromatic heterocycles. The zero-order valence-corrected chi connectivity index (χ0v) is 16.9. The summed E-state index contributed by atoms with van der Waals surface area (Å²) in [6.07, 6.45) is 3.02. The lowest BCUT2D eigenvalue weighted by Crippen LogP contribution is -2.28. The number of rotatable bonds is 8. The van der Waals surface area contributed by atoms with Gasteiger partial charge in [-0.25, -0.2) is 0 Å². The van der Waals surface area contributed by atoms with Crippen LogP contribution in [0.15, 0.2) is 42.5 Å². The molecule has 0 fully saturated rings. The molecule has 0 bridgehead atoms. The van der Waals surface area contributed by atoms with Crippen LogP contribution >= 0.6 is 0 Å². The second kappa shape index (κ2) is 10.3. The van der Waals surface area contributed by atoms with E-state index in [1.165, 1.54) is 6.08 Å². The van der Waals surface area contributed by atoms with Crippen LogP contribution in [0.5, 0.6) is 17.2 Å². The number of hydrogen-bond acceptors (Lipinski definition) is 6. The summed E-state index contributed by atoms with van der Waals surface area (Å²) >= 11 is 0. The molecule has 1 aliphatic heterocycles. The Kier molecular flexibility index (Phi) is 7.29. The van der Waals surface area contributed by atoms with Crippen LogP contribution in [0.4, 0.5) is 5.69 Å². The van der Waals surface area contributed by atoms with Crippen LogP contribution in [0.2, 0.25) is 0 Å². The van der Waals surface area contributed by atoms with E-state index >= 15 is 0 Å². The number of carbonyl (C=O) groups excluding carboxylic acids is 2. The lowest BCUT2D eigenvalue weighted by Gasteiger charge is -2.20. The van der Waals surface area contributed by atoms with Crippen molar-refractivity contribution in [2.45, 2.75) is 0 Å². The minimum absolute atomic E-state index is 0.288. The SMILES string of the molecule is COCCNC(=O)c1ccccc1NC(=O)/C=C/c1cc(OC)c2c(c1)OCCO2. The van der Waals surface area contributed by atoms with Gasteiger partial charge in [0.15, 0.2) is 11.5 Å². The predicted molar refractivity (Wildman–Crippen MR) is 112 cm³/mol. The lowest BCUT2D eigenvalue weighted by molar-refractivity contribution is -0.111. The van der Waals surface area contributed by atoms with Gasteiger partial charge in [-0.05, 0) is 35.9 Å². The fourth-order valence-corrected chi connectivity index (χ4v) is 2.89. The van der Waals surface area contributed by atoms with E-state index in [-0.39, 0.29) is 11.8 Å². The van der Waals surface area contributed by atoms with Crippen LogP contribution in [-0.4, -0.2) is 52.4 Å². The van der Waals surface area contributed by atoms with Crippen molar-refractivity contribution in [2.75, 3.05) is 45.9 Å². The number of nitrogens with one attached hydrogen (secondary N) is 2. The Hall–Kier alpha value is -3.52. The van der Waals surface area contributed by atoms with Crippen molar-refractivity contribution in [3.63, 3.8) is 0 Å². The van der Waals surface area contributed by atoms with Gasteiger partial charge in [0, 0.05) is 19.7 Å². The number of para-hydroxylation sites is 1. The van der Waals surface area contributed by atoms with E-state index in [0.29, 0.717) is 54.9 Å². The first kappa shape index (κ1) is 21.2. The maximum absolute atomic E-state index is 12.4. The van der Waals surface area contributed by atoms with Crippen molar-refractivity contribution in [3.05, 3.63) is 53.6 Å². The summed E-state index contributed by atoms with van der Waals surface area (Å²) in [7, 11) is 3.10. The van der Waals surface area contributed by atoms with Gasteiger partial charge in [0.05, 0.1) is 25.0 Å². The van der Waals surface area contributed by atoms with E-state index in [1.807, 2.05) is 0 Å². The molecule has 158 valence electrons. The average Bonchev–Trinajstić information content (AvgIpc) is 2.77. The predicted octanol–water partition coefficient (Wildman–Crippen LogP) is 2.49. The molecular weight excluding hydrogens is 388 g/mol. The molecule has 0 atom stereocenters. The van der Waals surface area contributed by atoms with Gasteiger partial charge in [-0.15, -0.1) is 0 Å². The molecule has 2 amide bonds. The maximum Gasteiger partial charge on any atom is 0.253 e. The summed E-state index contributed by atoms with van der Waals surface area (Å²) < 4.78 is 21.4. The Morgan fingerprint density at radius 1 is 1.13 bits per heavy atom. The fourth-order valence-electron chi connectivity index (χ4n) is 2.89. The molecule has 8 heteroatoms. The van der Waals surface area contributed by atoms with Gasteiger partial charge < -0.3 is 29.6 Å². The molecule has 1 heterocycles. The summed E-state index contributed by atoms with van der Waals surface area (Å²) in [5.41, 5.74) is 1.51. The van der Waals surface area contributed by atoms with Crippen molar-refractivity contribution in [3.8, 4) is 17.2 Å². The van der Waals surface area contributed by atoms with Crippen LogP contribution in [-0.2, 0) is 9.53 Å². The molecule has 0 aliphatic carbocycles. The first-order chi connectivity index (χ1) is 14.6. The zero-order chi connectivity index (χ0) is 21.3. The minimum Gasteiger partial charge on any atom is -0.493 e. The molecule has 3 rings (SSSR count). The second-order valence-electron chi connectivity index (χ2n) is 6.36. The maximum atomic E-state index is 12.4. The number of amides is 2. The monoisotopic (exact) mass is 412 g/mol. The van der Waals surface area contributed by atoms with Gasteiger partial charge in [0.2, 0.25) is 11.7 Å². The van der Waals surface area contributed by atoms with Crippen LogP contribution in [0.3, 0.4) is 0 Å². The normalized spacial score (nSPS) is 12.5. The molecule has 30 heavy (non-hydrogen) atoms. The Morgan fingerprint density at radius 3 is 2.73 bits per heavy atom. The molecule has 0 saturated carbocycles. The number of methoxy groups -OCH3 is 2. The molecule has 0 unspecified atom stereocenters. The van der Waals surface area contributed by atoms with E-state index in [2.05, 4.69) is 10.6 Å². The highest BCUT2D eigenvalue weighted by Gasteiger charge is 2.18. The highest BCUT2D eigenvalue weighted by Crippen LogP contribution is 2.40. The number of carbonyl (C=O) groups is 2. The third-order valence-electron chi connectivity index (χ3n) is 4.30. The summed E-state index contributed by atoms with van der Waals surface area (Å²) in [4.78, 5) is 24.8. The third-order valence-corrected chi connectivity index (χ3v) is 4.30. The minimum atomic E-state index is -0.374. The van der Waals surface area contributed by atoms with Gasteiger partial charge in [-0.3, -0.25) is 9.59 Å². The van der Waals surface area contributed by atoms with Gasteiger partial charge >= 0.3 is 0 Å². The average molecular weight is 412 g/mol. The van der Waals surface area contributed by atoms with Crippen molar-refractivity contribution in [1.82, 2.24) is 5.32 Å². The first-order valence-corrected chi connectivity index (χ1v) is 9.45. The lowest BCUT2D eigenvalue weighted by atomic mass is 10.1. The molecule has 2 N–H and O–H groups in total. The summed E-state index contributed by atoms with van der Waals surface area (Å²) in [5.74, 6) is 0.993. The topological polar surface area (TPSA) is 95.1 Å². The molecule has 2 aromatic rings. The number of fused-ring (bicyclic) bond motifs is 1. The molecule has 2 aromatic carbocycles. The highest BCUT2D eigenvalue weighted by molar-refractivity contribution is 6.07. The molecule has 0 saturated heterocycles. The first-order valence-electron chi connectivity index (χ1n) is 9.45. The Bertz CT molecular complexity index is 924. The van der Waals surface area contributed by atoms with Crippen LogP contribution in [0.1, 0.15) is 15.9 Å². The Labute approximate surface area is 174 Å². The van der Waals surface area contributed by atoms with E-state index in [0.717, 1.165) is 5.56 Å². The fraction of sp³-hybridized carbons (Fsp3) is 0.273. The van der Waals surface area contributed by atoms with E-state index in [4.69, 9.17) is 18.9 Å². The van der Waals surface area contributed by atoms with Crippen molar-refractivity contribution < 1.29 is 28.5 Å². The number of benzene rings is 2. The van der Waals surface area contributed by atoms with E-state index < -0.39 is 0 Å². The molecule has 0 spiro atoms. The number of ether oxygens (including phenoxy) is 4. The van der Waals surface area contributed by atoms with Crippen LogP contribution < -0.4 is 24.8 Å². The summed E-state index contributed by atoms with van der Waals surface area (Å²) in [6, 6.07) is 10.3. The van der Waals surface area contributed by atoms with Crippen molar-refractivity contribution in [2.24, 2.45) is 0 Å². The molecule has 1 aliphatic rings. The number of hydrogen-bond donors (Lipinski definition) is 2. The smallest absolute Gasteiger partial charge is 0.253 e. The zero-order valence-electron chi connectivity index (χ0n) is 16.9. The van der Waals surface area contributed by atoms with E-state index in [1.54, 1.807) is 56.7 Å². The van der Waals surface area contributed by atoms with Crippen molar-refractivity contribution >= 4 is 23.6 Å². The Morgan fingerprint density at radius 2 is 1.93 bits per heavy atom. The van der Waals surface area contributed by atoms with Gasteiger partial charge in [0.25, 0.3) is 5.91 Å². The van der Waals surface area contributed by atoms with Crippen LogP contribution in [0.25, 0.3) is 6.08 Å². The summed E-state index contributed by atoms with van der Waals surface area (Å²) in [5, 5.41) is 5.48. The molecule has 8 nitrogen and oxygen atoms in total. The van der Waals surface area contributed by atoms with Gasteiger partial charge in [0.1, 0.15) is 13.2 Å². The van der Waals surface area contributed by atoms with Gasteiger partial charge in [-0.1, -0.05) is 12.1 Å². The largest absolute Gasteiger partial charge is 0.493 e. The molecule has 0 radical (unpaired) electrons.